The van der Waals surface area contributed by atoms with Crippen molar-refractivity contribution in [2.75, 3.05) is 26.2 Å². The number of hydrogen-bond acceptors (Lipinski definition) is 4. The summed E-state index contributed by atoms with van der Waals surface area (Å²) in [7, 11) is 0. The Morgan fingerprint density at radius 3 is 2.68 bits per heavy atom. The van der Waals surface area contributed by atoms with Crippen LogP contribution in [0.15, 0.2) is 46.9 Å². The Morgan fingerprint density at radius 1 is 1.10 bits per heavy atom. The van der Waals surface area contributed by atoms with Crippen molar-refractivity contribution in [3.63, 3.8) is 0 Å². The number of likely N-dealkylation sites (tertiary alicyclic amines) is 1. The van der Waals surface area contributed by atoms with Crippen LogP contribution in [0.3, 0.4) is 0 Å². The predicted molar refractivity (Wildman–Crippen MR) is 123 cm³/mol. The third kappa shape index (κ3) is 3.57. The Labute approximate surface area is 184 Å². The number of carbonyl (C=O) groups is 1. The summed E-state index contributed by atoms with van der Waals surface area (Å²) in [6.45, 7) is 10.7. The van der Waals surface area contributed by atoms with Crippen LogP contribution < -0.4 is 4.74 Å². The molecule has 1 aliphatic heterocycles. The molecule has 5 rings (SSSR count). The molecule has 0 radical (unpaired) electrons. The normalized spacial score (nSPS) is 19.1. The van der Waals surface area contributed by atoms with Gasteiger partial charge in [0.2, 0.25) is 0 Å². The number of piperidine rings is 1. The van der Waals surface area contributed by atoms with Gasteiger partial charge < -0.3 is 14.1 Å². The fourth-order valence-electron chi connectivity index (χ4n) is 5.17. The lowest BCUT2D eigenvalue weighted by atomic mass is 9.72. The van der Waals surface area contributed by atoms with Gasteiger partial charge in [0.1, 0.15) is 17.1 Å². The smallest absolute Gasteiger partial charge is 0.197 e. The van der Waals surface area contributed by atoms with Crippen LogP contribution in [0.4, 0.5) is 0 Å². The Kier molecular flexibility index (Phi) is 5.13. The van der Waals surface area contributed by atoms with Gasteiger partial charge in [-0.2, -0.15) is 0 Å². The number of hydrogen-bond donors (Lipinski definition) is 0. The molecule has 1 aliphatic carbocycles. The molecule has 4 nitrogen and oxygen atoms in total. The summed E-state index contributed by atoms with van der Waals surface area (Å²) < 4.78 is 12.4. The van der Waals surface area contributed by atoms with Crippen molar-refractivity contribution in [1.82, 2.24) is 4.90 Å². The number of nitrogens with zero attached hydrogens (tertiary/aromatic N) is 1. The van der Waals surface area contributed by atoms with Gasteiger partial charge in [0.15, 0.2) is 5.78 Å². The van der Waals surface area contributed by atoms with E-state index in [4.69, 9.17) is 9.15 Å². The zero-order valence-corrected chi connectivity index (χ0v) is 18.7. The minimum atomic E-state index is -0.406. The van der Waals surface area contributed by atoms with E-state index in [-0.39, 0.29) is 5.78 Å². The van der Waals surface area contributed by atoms with E-state index in [1.165, 1.54) is 32.4 Å². The molecule has 162 valence electrons. The summed E-state index contributed by atoms with van der Waals surface area (Å²) >= 11 is 0. The lowest BCUT2D eigenvalue weighted by Crippen LogP contribution is -2.35. The summed E-state index contributed by atoms with van der Waals surface area (Å²) in [5.41, 5.74) is 2.79. The lowest BCUT2D eigenvalue weighted by Gasteiger charge is -2.31. The molecule has 0 saturated carbocycles. The van der Waals surface area contributed by atoms with Crippen LogP contribution in [-0.2, 0) is 5.41 Å². The Bertz CT molecular complexity index is 1120. The Balaban J connectivity index is 1.38. The number of furan rings is 1. The molecule has 2 aliphatic rings. The van der Waals surface area contributed by atoms with Gasteiger partial charge in [-0.05, 0) is 69.6 Å². The molecular formula is C27H31NO3. The van der Waals surface area contributed by atoms with Crippen molar-refractivity contribution >= 4 is 16.8 Å². The molecule has 1 unspecified atom stereocenters. The van der Waals surface area contributed by atoms with Gasteiger partial charge in [-0.1, -0.05) is 31.5 Å². The number of rotatable bonds is 5. The second-order valence-corrected chi connectivity index (χ2v) is 9.74. The van der Waals surface area contributed by atoms with Crippen LogP contribution in [0, 0.1) is 5.92 Å². The maximum atomic E-state index is 13.4. The van der Waals surface area contributed by atoms with Crippen LogP contribution in [0.2, 0.25) is 0 Å². The van der Waals surface area contributed by atoms with Gasteiger partial charge >= 0.3 is 0 Å². The third-order valence-corrected chi connectivity index (χ3v) is 6.85. The molecule has 0 bridgehead atoms. The molecule has 31 heavy (non-hydrogen) atoms. The summed E-state index contributed by atoms with van der Waals surface area (Å²) in [6, 6.07) is 13.7. The van der Waals surface area contributed by atoms with Gasteiger partial charge in [0.05, 0.1) is 12.2 Å². The molecule has 0 N–H and O–H groups in total. The molecule has 3 aromatic rings. The molecule has 0 spiro atoms. The number of benzene rings is 2. The average Bonchev–Trinajstić information content (AvgIpc) is 3.18. The zero-order valence-electron chi connectivity index (χ0n) is 18.7. The minimum absolute atomic E-state index is 0.0410. The van der Waals surface area contributed by atoms with Crippen molar-refractivity contribution in [1.29, 1.82) is 0 Å². The first-order valence-corrected chi connectivity index (χ1v) is 11.5. The average molecular weight is 418 g/mol. The van der Waals surface area contributed by atoms with Crippen molar-refractivity contribution in [2.45, 2.75) is 45.4 Å². The van der Waals surface area contributed by atoms with E-state index in [2.05, 4.69) is 25.7 Å². The maximum absolute atomic E-state index is 13.4. The van der Waals surface area contributed by atoms with E-state index in [9.17, 15) is 4.79 Å². The monoisotopic (exact) mass is 417 g/mol. The summed E-state index contributed by atoms with van der Waals surface area (Å²) in [5, 5.41) is 0.896. The van der Waals surface area contributed by atoms with Crippen LogP contribution in [0.25, 0.3) is 11.0 Å². The van der Waals surface area contributed by atoms with Gasteiger partial charge in [0.25, 0.3) is 0 Å². The minimum Gasteiger partial charge on any atom is -0.493 e. The molecule has 0 amide bonds. The zero-order chi connectivity index (χ0) is 21.6. The lowest BCUT2D eigenvalue weighted by molar-refractivity contribution is 0.102. The highest BCUT2D eigenvalue weighted by Crippen LogP contribution is 2.46. The largest absolute Gasteiger partial charge is 0.493 e. The number of carbonyl (C=O) groups excluding carboxylic acids is 1. The van der Waals surface area contributed by atoms with E-state index in [0.717, 1.165) is 40.2 Å². The number of fused-ring (bicyclic) bond motifs is 4. The topological polar surface area (TPSA) is 42.7 Å². The Hall–Kier alpha value is -2.59. The second-order valence-electron chi connectivity index (χ2n) is 9.74. The van der Waals surface area contributed by atoms with Crippen LogP contribution in [0.5, 0.6) is 5.75 Å². The molecule has 1 atom stereocenters. The molecule has 2 aromatic carbocycles. The van der Waals surface area contributed by atoms with E-state index < -0.39 is 5.41 Å². The van der Waals surface area contributed by atoms with Crippen molar-refractivity contribution < 1.29 is 13.9 Å². The van der Waals surface area contributed by atoms with Gasteiger partial charge in [0, 0.05) is 28.8 Å². The van der Waals surface area contributed by atoms with Crippen LogP contribution in [0.1, 0.15) is 67.3 Å². The summed E-state index contributed by atoms with van der Waals surface area (Å²) in [6.07, 6.45) is 3.98. The van der Waals surface area contributed by atoms with Crippen LogP contribution >= 0.6 is 0 Å². The molecular weight excluding hydrogens is 386 g/mol. The third-order valence-electron chi connectivity index (χ3n) is 6.85. The standard InChI is InChI=1S/C27H31NO3/c1-18(16-28-13-7-4-8-14-28)17-30-19-11-12-20-22(15-19)27(2,3)26-24(25(20)29)21-9-5-6-10-23(21)31-26/h5-6,9-12,15,18H,4,7-8,13-14,16-17H2,1-3H3. The first-order valence-electron chi connectivity index (χ1n) is 11.5. The quantitative estimate of drug-likeness (QED) is 0.526. The highest BCUT2D eigenvalue weighted by atomic mass is 16.5. The maximum Gasteiger partial charge on any atom is 0.197 e. The first-order chi connectivity index (χ1) is 14.9. The number of para-hydroxylation sites is 1. The van der Waals surface area contributed by atoms with Crippen molar-refractivity contribution in [3.05, 3.63) is 64.9 Å². The second kappa shape index (κ2) is 7.83. The highest BCUT2D eigenvalue weighted by molar-refractivity contribution is 6.19. The number of ketones is 1. The highest BCUT2D eigenvalue weighted by Gasteiger charge is 2.41. The molecule has 1 fully saturated rings. The molecule has 1 saturated heterocycles. The van der Waals surface area contributed by atoms with E-state index in [1.54, 1.807) is 0 Å². The fraction of sp³-hybridized carbons (Fsp3) is 0.444. The predicted octanol–water partition coefficient (Wildman–Crippen LogP) is 5.80. The van der Waals surface area contributed by atoms with Gasteiger partial charge in [-0.15, -0.1) is 0 Å². The van der Waals surface area contributed by atoms with E-state index in [0.29, 0.717) is 18.1 Å². The van der Waals surface area contributed by atoms with E-state index in [1.807, 2.05) is 42.5 Å². The van der Waals surface area contributed by atoms with Gasteiger partial charge in [-0.3, -0.25) is 4.79 Å². The summed E-state index contributed by atoms with van der Waals surface area (Å²) in [5.74, 6) is 2.08. The first kappa shape index (κ1) is 20.3. The fourth-order valence-corrected chi connectivity index (χ4v) is 5.17. The molecule has 4 heteroatoms. The van der Waals surface area contributed by atoms with Gasteiger partial charge in [-0.25, -0.2) is 0 Å². The molecule has 1 aromatic heterocycles. The SMILES string of the molecule is CC(COc1ccc2c(c1)C(C)(C)c1oc3ccccc3c1C2=O)CN1CCCCC1. The van der Waals surface area contributed by atoms with E-state index >= 15 is 0 Å². The summed E-state index contributed by atoms with van der Waals surface area (Å²) in [4.78, 5) is 15.9. The van der Waals surface area contributed by atoms with Crippen LogP contribution in [-0.4, -0.2) is 36.9 Å². The van der Waals surface area contributed by atoms with Crippen molar-refractivity contribution in [2.24, 2.45) is 5.92 Å². The Morgan fingerprint density at radius 2 is 1.87 bits per heavy atom. The number of ether oxygens (including phenoxy) is 1. The van der Waals surface area contributed by atoms with Crippen molar-refractivity contribution in [3.8, 4) is 5.75 Å². The molecule has 2 heterocycles.